The second-order valence-electron chi connectivity index (χ2n) is 13.3. The second kappa shape index (κ2) is 14.1. The highest BCUT2D eigenvalue weighted by molar-refractivity contribution is 6.16. The Kier molecular flexibility index (Phi) is 9.24. The molecule has 4 heterocycles. The minimum Gasteiger partial charge on any atom is -0.392 e. The van der Waals surface area contributed by atoms with E-state index >= 15 is 0 Å². The molecule has 4 aromatic rings. The summed E-state index contributed by atoms with van der Waals surface area (Å²) in [6.07, 6.45) is 0.123. The van der Waals surface area contributed by atoms with E-state index in [-0.39, 0.29) is 35.3 Å². The molecule has 4 aromatic carbocycles. The van der Waals surface area contributed by atoms with E-state index < -0.39 is 36.0 Å². The van der Waals surface area contributed by atoms with Crippen molar-refractivity contribution in [2.24, 2.45) is 0 Å². The van der Waals surface area contributed by atoms with E-state index in [0.717, 1.165) is 48.2 Å². The highest BCUT2D eigenvalue weighted by Crippen LogP contribution is 2.47. The van der Waals surface area contributed by atoms with Crippen LogP contribution in [0.5, 0.6) is 0 Å². The number of nitrogens with one attached hydrogen (secondary N) is 1. The van der Waals surface area contributed by atoms with E-state index in [9.17, 15) is 19.5 Å². The first-order valence-corrected chi connectivity index (χ1v) is 17.3. The third kappa shape index (κ3) is 6.84. The molecule has 3 saturated heterocycles. The number of esters is 2. The normalized spacial score (nSPS) is 24.3. The lowest BCUT2D eigenvalue weighted by Gasteiger charge is -2.46. The molecule has 8 rings (SSSR count). The first-order valence-electron chi connectivity index (χ1n) is 17.3. The van der Waals surface area contributed by atoms with Crippen LogP contribution in [0.15, 0.2) is 97.1 Å². The Morgan fingerprint density at radius 3 is 2.25 bits per heavy atom. The van der Waals surface area contributed by atoms with Gasteiger partial charge in [-0.05, 0) is 47.0 Å². The molecule has 0 aliphatic carbocycles. The average molecular weight is 691 g/mol. The zero-order valence-corrected chi connectivity index (χ0v) is 27.9. The van der Waals surface area contributed by atoms with Crippen molar-refractivity contribution < 1.29 is 43.2 Å². The maximum absolute atomic E-state index is 13.3. The second-order valence-corrected chi connectivity index (χ2v) is 13.3. The molecular formula is C40H38N2O9. The van der Waals surface area contributed by atoms with Crippen molar-refractivity contribution in [1.82, 2.24) is 4.90 Å². The summed E-state index contributed by atoms with van der Waals surface area (Å²) in [5, 5.41) is 12.6. The molecule has 2 N–H and O–H groups in total. The molecule has 3 fully saturated rings. The number of rotatable bonds is 8. The zero-order valence-electron chi connectivity index (χ0n) is 27.9. The predicted molar refractivity (Wildman–Crippen MR) is 184 cm³/mol. The third-order valence-corrected chi connectivity index (χ3v) is 10.2. The summed E-state index contributed by atoms with van der Waals surface area (Å²) in [4.78, 5) is 39.7. The van der Waals surface area contributed by atoms with Gasteiger partial charge in [0.2, 0.25) is 0 Å². The molecule has 1 unspecified atom stereocenters. The van der Waals surface area contributed by atoms with Crippen molar-refractivity contribution in [1.29, 1.82) is 0 Å². The number of aliphatic hydroxyl groups excluding tert-OH is 1. The number of carbonyl (C=O) groups excluding carboxylic acids is 3. The topological polar surface area (TPSA) is 133 Å². The smallest absolute Gasteiger partial charge is 0.346 e. The molecule has 11 heteroatoms. The minimum absolute atomic E-state index is 0.0572. The number of anilines is 1. The van der Waals surface area contributed by atoms with Crippen LogP contribution in [0.25, 0.3) is 0 Å². The standard InChI is InChI=1S/C40H38N2O9/c43-24-25-9-11-27(12-10-25)35-34(26-5-2-1-3-6-26)33(23-42-17-15-40(16-18-42)47-19-20-48-40)49-39(50-35)29-7-4-8-30(21-29)41-36(44)28-13-14-31-32(22-28)38(46)51-37(31)45/h1-14,21-22,33-35,39,43H,15-20,23-24H2,(H,41,44)/t33-,34-,35+,39?/m1/s1. The minimum atomic E-state index is -0.772. The van der Waals surface area contributed by atoms with Gasteiger partial charge in [-0.3, -0.25) is 4.79 Å². The Balaban J connectivity index is 1.08. The van der Waals surface area contributed by atoms with Gasteiger partial charge in [-0.15, -0.1) is 0 Å². The Labute approximate surface area is 295 Å². The Morgan fingerprint density at radius 2 is 1.51 bits per heavy atom. The van der Waals surface area contributed by atoms with Crippen LogP contribution in [-0.4, -0.2) is 72.6 Å². The number of carbonyl (C=O) groups is 3. The highest BCUT2D eigenvalue weighted by Gasteiger charge is 2.45. The molecule has 0 bridgehead atoms. The summed E-state index contributed by atoms with van der Waals surface area (Å²) >= 11 is 0. The van der Waals surface area contributed by atoms with Gasteiger partial charge < -0.3 is 39.0 Å². The van der Waals surface area contributed by atoms with Crippen molar-refractivity contribution in [2.75, 3.05) is 38.2 Å². The Morgan fingerprint density at radius 1 is 0.784 bits per heavy atom. The summed E-state index contributed by atoms with van der Waals surface area (Å²) in [5.41, 5.74) is 4.50. The molecule has 262 valence electrons. The lowest BCUT2D eigenvalue weighted by molar-refractivity contribution is -0.265. The van der Waals surface area contributed by atoms with E-state index in [1.54, 1.807) is 6.07 Å². The fourth-order valence-electron chi connectivity index (χ4n) is 7.47. The molecular weight excluding hydrogens is 652 g/mol. The van der Waals surface area contributed by atoms with Crippen molar-refractivity contribution in [3.05, 3.63) is 136 Å². The van der Waals surface area contributed by atoms with Gasteiger partial charge in [0.25, 0.3) is 5.91 Å². The number of hydrogen-bond acceptors (Lipinski definition) is 10. The number of fused-ring (bicyclic) bond motifs is 1. The number of nitrogens with zero attached hydrogens (tertiary/aromatic N) is 1. The van der Waals surface area contributed by atoms with Gasteiger partial charge in [0.1, 0.15) is 0 Å². The SMILES string of the molecule is O=C(Nc1cccc(C2O[C@H](CN3CCC4(CC3)OCCO4)[C@@H](c3ccccc3)[C@H](c3ccc(CO)cc3)O2)c1)c1ccc2c(c1)C(=O)OC2=O. The Hall–Kier alpha value is -4.75. The van der Waals surface area contributed by atoms with Gasteiger partial charge in [0, 0.05) is 55.2 Å². The van der Waals surface area contributed by atoms with E-state index in [2.05, 4.69) is 27.1 Å². The summed E-state index contributed by atoms with van der Waals surface area (Å²) < 4.78 is 30.4. The number of aliphatic hydroxyl groups is 1. The van der Waals surface area contributed by atoms with Crippen LogP contribution < -0.4 is 5.32 Å². The zero-order chi connectivity index (χ0) is 35.0. The van der Waals surface area contributed by atoms with Crippen LogP contribution in [0.1, 0.15) is 84.5 Å². The third-order valence-electron chi connectivity index (χ3n) is 10.2. The maximum atomic E-state index is 13.3. The van der Waals surface area contributed by atoms with E-state index in [1.807, 2.05) is 60.7 Å². The molecule has 0 saturated carbocycles. The molecule has 11 nitrogen and oxygen atoms in total. The number of benzene rings is 4. The summed E-state index contributed by atoms with van der Waals surface area (Å²) in [6.45, 7) is 3.45. The van der Waals surface area contributed by atoms with E-state index in [0.29, 0.717) is 25.4 Å². The van der Waals surface area contributed by atoms with Gasteiger partial charge in [-0.2, -0.15) is 0 Å². The summed E-state index contributed by atoms with van der Waals surface area (Å²) in [7, 11) is 0. The van der Waals surface area contributed by atoms with Crippen LogP contribution in [0, 0.1) is 0 Å². The largest absolute Gasteiger partial charge is 0.392 e. The lowest BCUT2D eigenvalue weighted by Crippen LogP contribution is -2.50. The molecule has 0 aromatic heterocycles. The van der Waals surface area contributed by atoms with Crippen molar-refractivity contribution in [3.63, 3.8) is 0 Å². The van der Waals surface area contributed by atoms with Crippen molar-refractivity contribution >= 4 is 23.5 Å². The van der Waals surface area contributed by atoms with Crippen LogP contribution >= 0.6 is 0 Å². The van der Waals surface area contributed by atoms with E-state index in [1.165, 1.54) is 18.2 Å². The number of cyclic esters (lactones) is 2. The number of hydrogen-bond donors (Lipinski definition) is 2. The van der Waals surface area contributed by atoms with Crippen LogP contribution in [0.2, 0.25) is 0 Å². The Bertz CT molecular complexity index is 1920. The average Bonchev–Trinajstić information content (AvgIpc) is 3.75. The van der Waals surface area contributed by atoms with Crippen molar-refractivity contribution in [2.45, 2.75) is 49.7 Å². The monoisotopic (exact) mass is 690 g/mol. The molecule has 4 atom stereocenters. The fourth-order valence-corrected chi connectivity index (χ4v) is 7.47. The highest BCUT2D eigenvalue weighted by atomic mass is 16.7. The van der Waals surface area contributed by atoms with Gasteiger partial charge >= 0.3 is 11.9 Å². The number of likely N-dealkylation sites (tertiary alicyclic amines) is 1. The van der Waals surface area contributed by atoms with Gasteiger partial charge in [0.05, 0.1) is 43.2 Å². The van der Waals surface area contributed by atoms with Gasteiger partial charge in [0.15, 0.2) is 12.1 Å². The molecule has 4 aliphatic heterocycles. The van der Waals surface area contributed by atoms with Gasteiger partial charge in [-0.1, -0.05) is 66.7 Å². The van der Waals surface area contributed by atoms with Crippen LogP contribution in [0.4, 0.5) is 5.69 Å². The molecule has 0 radical (unpaired) electrons. The van der Waals surface area contributed by atoms with Crippen LogP contribution in [-0.2, 0) is 30.3 Å². The fraction of sp³-hybridized carbons (Fsp3) is 0.325. The first kappa shape index (κ1) is 33.4. The predicted octanol–water partition coefficient (Wildman–Crippen LogP) is 5.52. The molecule has 51 heavy (non-hydrogen) atoms. The van der Waals surface area contributed by atoms with E-state index in [4.69, 9.17) is 18.9 Å². The van der Waals surface area contributed by atoms with Gasteiger partial charge in [-0.25, -0.2) is 9.59 Å². The lowest BCUT2D eigenvalue weighted by atomic mass is 9.83. The molecule has 4 aliphatic rings. The van der Waals surface area contributed by atoms with Crippen LogP contribution in [0.3, 0.4) is 0 Å². The quantitative estimate of drug-likeness (QED) is 0.180. The summed E-state index contributed by atoms with van der Waals surface area (Å²) in [6, 6.07) is 29.7. The maximum Gasteiger partial charge on any atom is 0.346 e. The number of piperidine rings is 1. The first-order chi connectivity index (χ1) is 24.9. The molecule has 1 spiro atoms. The number of amides is 1. The molecule has 1 amide bonds. The number of ether oxygens (including phenoxy) is 5. The van der Waals surface area contributed by atoms with Crippen molar-refractivity contribution in [3.8, 4) is 0 Å². The summed E-state index contributed by atoms with van der Waals surface area (Å²) in [5.74, 6) is -2.59.